The van der Waals surface area contributed by atoms with Crippen LogP contribution in [0.4, 0.5) is 0 Å². The number of methoxy groups -OCH3 is 1. The molecule has 0 aliphatic carbocycles. The first-order valence-corrected chi connectivity index (χ1v) is 6.02. The van der Waals surface area contributed by atoms with Crippen LogP contribution in [0.2, 0.25) is 0 Å². The molecule has 1 aromatic carbocycles. The molecule has 0 saturated heterocycles. The first-order valence-electron chi connectivity index (χ1n) is 6.02. The number of rotatable bonds is 4. The Kier molecular flexibility index (Phi) is 4.05. The number of hydrogen-bond acceptors (Lipinski definition) is 5. The second kappa shape index (κ2) is 5.92. The van der Waals surface area contributed by atoms with Crippen molar-refractivity contribution in [2.24, 2.45) is 0 Å². The highest BCUT2D eigenvalue weighted by Crippen LogP contribution is 2.32. The highest BCUT2D eigenvalue weighted by Gasteiger charge is 2.13. The summed E-state index contributed by atoms with van der Waals surface area (Å²) in [6, 6.07) is 9.50. The highest BCUT2D eigenvalue weighted by atomic mass is 16.5. The predicted octanol–water partition coefficient (Wildman–Crippen LogP) is 2.76. The Morgan fingerprint density at radius 1 is 1.29 bits per heavy atom. The Balaban J connectivity index is 2.42. The quantitative estimate of drug-likeness (QED) is 0.928. The van der Waals surface area contributed by atoms with E-state index < -0.39 is 5.97 Å². The molecule has 1 N–H and O–H groups in total. The maximum Gasteiger partial charge on any atom is 0.335 e. The van der Waals surface area contributed by atoms with Crippen LogP contribution >= 0.6 is 0 Å². The van der Waals surface area contributed by atoms with Crippen LogP contribution < -0.4 is 9.47 Å². The Morgan fingerprint density at radius 2 is 2.05 bits per heavy atom. The van der Waals surface area contributed by atoms with E-state index in [0.717, 1.165) is 0 Å². The summed E-state index contributed by atoms with van der Waals surface area (Å²) in [5, 5.41) is 18.0. The molecule has 0 aliphatic heterocycles. The zero-order valence-corrected chi connectivity index (χ0v) is 11.5. The van der Waals surface area contributed by atoms with Gasteiger partial charge in [-0.3, -0.25) is 0 Å². The first-order chi connectivity index (χ1) is 10.0. The van der Waals surface area contributed by atoms with Crippen molar-refractivity contribution in [2.75, 3.05) is 7.11 Å². The van der Waals surface area contributed by atoms with Gasteiger partial charge in [0.05, 0.1) is 12.7 Å². The van der Waals surface area contributed by atoms with Gasteiger partial charge in [0.2, 0.25) is 5.88 Å². The average molecular weight is 284 g/mol. The molecule has 6 heteroatoms. The van der Waals surface area contributed by atoms with Crippen molar-refractivity contribution in [1.82, 2.24) is 4.98 Å². The third-order valence-electron chi connectivity index (χ3n) is 2.74. The van der Waals surface area contributed by atoms with Gasteiger partial charge in [0.15, 0.2) is 11.5 Å². The zero-order chi connectivity index (χ0) is 15.4. The van der Waals surface area contributed by atoms with E-state index >= 15 is 0 Å². The fourth-order valence-electron chi connectivity index (χ4n) is 1.68. The van der Waals surface area contributed by atoms with Crippen LogP contribution in [0.5, 0.6) is 17.4 Å². The van der Waals surface area contributed by atoms with Gasteiger partial charge < -0.3 is 14.6 Å². The highest BCUT2D eigenvalue weighted by molar-refractivity contribution is 5.88. The molecule has 106 valence electrons. The molecule has 0 bridgehead atoms. The summed E-state index contributed by atoms with van der Waals surface area (Å²) in [7, 11) is 1.41. The van der Waals surface area contributed by atoms with E-state index in [1.54, 1.807) is 19.1 Å². The van der Waals surface area contributed by atoms with Crippen LogP contribution in [0.1, 0.15) is 21.6 Å². The maximum absolute atomic E-state index is 10.9. The lowest BCUT2D eigenvalue weighted by Crippen LogP contribution is -2.00. The molecule has 2 aromatic rings. The minimum Gasteiger partial charge on any atom is -0.493 e. The van der Waals surface area contributed by atoms with Crippen molar-refractivity contribution in [2.45, 2.75) is 6.92 Å². The minimum atomic E-state index is -1.06. The van der Waals surface area contributed by atoms with Gasteiger partial charge in [-0.1, -0.05) is 0 Å². The number of pyridine rings is 1. The van der Waals surface area contributed by atoms with Gasteiger partial charge >= 0.3 is 5.97 Å². The Hall–Kier alpha value is -3.07. The Morgan fingerprint density at radius 3 is 2.67 bits per heavy atom. The lowest BCUT2D eigenvalue weighted by molar-refractivity contribution is 0.0696. The summed E-state index contributed by atoms with van der Waals surface area (Å²) >= 11 is 0. The van der Waals surface area contributed by atoms with Gasteiger partial charge in [0.25, 0.3) is 0 Å². The van der Waals surface area contributed by atoms with Gasteiger partial charge in [-0.2, -0.15) is 5.26 Å². The number of carbonyl (C=O) groups is 1. The van der Waals surface area contributed by atoms with E-state index in [2.05, 4.69) is 4.98 Å². The first kappa shape index (κ1) is 14.3. The van der Waals surface area contributed by atoms with E-state index in [0.29, 0.717) is 5.69 Å². The molecule has 0 spiro atoms. The second-order valence-electron chi connectivity index (χ2n) is 4.19. The molecule has 1 heterocycles. The van der Waals surface area contributed by atoms with Crippen LogP contribution in [-0.2, 0) is 0 Å². The number of nitriles is 1. The fourth-order valence-corrected chi connectivity index (χ4v) is 1.68. The Labute approximate surface area is 121 Å². The van der Waals surface area contributed by atoms with Gasteiger partial charge in [-0.25, -0.2) is 9.78 Å². The van der Waals surface area contributed by atoms with Crippen LogP contribution in [0.3, 0.4) is 0 Å². The zero-order valence-electron chi connectivity index (χ0n) is 11.5. The maximum atomic E-state index is 10.9. The number of aromatic carboxylic acids is 1. The summed E-state index contributed by atoms with van der Waals surface area (Å²) in [6.45, 7) is 1.78. The average Bonchev–Trinajstić information content (AvgIpc) is 2.47. The molecule has 0 atom stereocenters. The molecule has 0 amide bonds. The number of carboxylic acids is 1. The summed E-state index contributed by atoms with van der Waals surface area (Å²) in [6.07, 6.45) is 0. The van der Waals surface area contributed by atoms with Crippen molar-refractivity contribution in [1.29, 1.82) is 5.26 Å². The van der Waals surface area contributed by atoms with Crippen LogP contribution in [0.15, 0.2) is 30.3 Å². The number of nitrogens with zero attached hydrogens (tertiary/aromatic N) is 2. The number of ether oxygens (including phenoxy) is 2. The summed E-state index contributed by atoms with van der Waals surface area (Å²) < 4.78 is 10.7. The van der Waals surface area contributed by atoms with Gasteiger partial charge in [0, 0.05) is 5.69 Å². The van der Waals surface area contributed by atoms with E-state index in [1.165, 1.54) is 25.3 Å². The summed E-state index contributed by atoms with van der Waals surface area (Å²) in [4.78, 5) is 15.1. The van der Waals surface area contributed by atoms with Crippen LogP contribution in [0, 0.1) is 18.3 Å². The van der Waals surface area contributed by atoms with Crippen molar-refractivity contribution in [3.63, 3.8) is 0 Å². The number of carboxylic acid groups (broad SMARTS) is 1. The molecule has 0 unspecified atom stereocenters. The molecule has 6 nitrogen and oxygen atoms in total. The SMILES string of the molecule is COc1cc(C(=O)O)ccc1Oc1nc(C)ccc1C#N. The monoisotopic (exact) mass is 284 g/mol. The normalized spacial score (nSPS) is 9.76. The Bertz CT molecular complexity index is 735. The molecule has 0 radical (unpaired) electrons. The smallest absolute Gasteiger partial charge is 0.335 e. The lowest BCUT2D eigenvalue weighted by Gasteiger charge is -2.11. The third-order valence-corrected chi connectivity index (χ3v) is 2.74. The number of hydrogen-bond donors (Lipinski definition) is 1. The molecule has 2 rings (SSSR count). The molecule has 0 saturated carbocycles. The summed E-state index contributed by atoms with van der Waals surface area (Å²) in [5.74, 6) is -0.371. The molecule has 0 aliphatic rings. The summed E-state index contributed by atoms with van der Waals surface area (Å²) in [5.41, 5.74) is 1.06. The number of aromatic nitrogens is 1. The predicted molar refractivity (Wildman–Crippen MR) is 73.7 cm³/mol. The van der Waals surface area contributed by atoms with Crippen molar-refractivity contribution in [3.05, 3.63) is 47.2 Å². The molecular formula is C15H12N2O4. The number of benzene rings is 1. The van der Waals surface area contributed by atoms with Crippen molar-refractivity contribution < 1.29 is 19.4 Å². The molecular weight excluding hydrogens is 272 g/mol. The van der Waals surface area contributed by atoms with E-state index in [4.69, 9.17) is 19.8 Å². The van der Waals surface area contributed by atoms with E-state index in [1.807, 2.05) is 6.07 Å². The van der Waals surface area contributed by atoms with Crippen molar-refractivity contribution in [3.8, 4) is 23.4 Å². The standard InChI is InChI=1S/C15H12N2O4/c1-9-3-4-11(8-16)14(17-9)21-12-6-5-10(15(18)19)7-13(12)20-2/h3-7H,1-2H3,(H,18,19). The topological polar surface area (TPSA) is 92.4 Å². The largest absolute Gasteiger partial charge is 0.493 e. The van der Waals surface area contributed by atoms with Crippen LogP contribution in [0.25, 0.3) is 0 Å². The molecule has 1 aromatic heterocycles. The minimum absolute atomic E-state index is 0.0805. The second-order valence-corrected chi connectivity index (χ2v) is 4.19. The molecule has 21 heavy (non-hydrogen) atoms. The third kappa shape index (κ3) is 3.09. The fraction of sp³-hybridized carbons (Fsp3) is 0.133. The van der Waals surface area contributed by atoms with Gasteiger partial charge in [0.1, 0.15) is 11.6 Å². The van der Waals surface area contributed by atoms with Crippen molar-refractivity contribution >= 4 is 5.97 Å². The van der Waals surface area contributed by atoms with Gasteiger partial charge in [-0.05, 0) is 37.3 Å². The van der Waals surface area contributed by atoms with E-state index in [9.17, 15) is 4.79 Å². The number of aryl methyl sites for hydroxylation is 1. The van der Waals surface area contributed by atoms with Gasteiger partial charge in [-0.15, -0.1) is 0 Å². The van der Waals surface area contributed by atoms with Crippen LogP contribution in [-0.4, -0.2) is 23.2 Å². The molecule has 0 fully saturated rings. The lowest BCUT2D eigenvalue weighted by atomic mass is 10.2. The van der Waals surface area contributed by atoms with E-state index in [-0.39, 0.29) is 28.5 Å².